The van der Waals surface area contributed by atoms with Crippen LogP contribution >= 0.6 is 11.3 Å². The average Bonchev–Trinajstić information content (AvgIpc) is 3.11. The molecule has 6 heteroatoms. The summed E-state index contributed by atoms with van der Waals surface area (Å²) in [7, 11) is 1.80. The van der Waals surface area contributed by atoms with Crippen LogP contribution in [-0.2, 0) is 11.3 Å². The van der Waals surface area contributed by atoms with Crippen molar-refractivity contribution in [1.29, 1.82) is 0 Å². The number of rotatable bonds is 5. The third-order valence-corrected chi connectivity index (χ3v) is 6.72. The molecule has 2 aromatic rings. The number of hydrogen-bond acceptors (Lipinski definition) is 4. The zero-order chi connectivity index (χ0) is 18.9. The maximum absolute atomic E-state index is 12.8. The normalized spacial score (nSPS) is 20.3. The highest BCUT2D eigenvalue weighted by Gasteiger charge is 2.57. The third-order valence-electron chi connectivity index (χ3n) is 5.87. The summed E-state index contributed by atoms with van der Waals surface area (Å²) in [4.78, 5) is 27.7. The summed E-state index contributed by atoms with van der Waals surface area (Å²) in [6.07, 6.45) is 3.18. The molecular weight excluding hydrogens is 358 g/mol. The number of hydrogen-bond donors (Lipinski definition) is 2. The van der Waals surface area contributed by atoms with Crippen LogP contribution in [0.15, 0.2) is 41.8 Å². The maximum atomic E-state index is 12.8. The molecule has 4 rings (SSSR count). The molecule has 1 atom stereocenters. The van der Waals surface area contributed by atoms with Crippen molar-refractivity contribution < 1.29 is 9.59 Å². The van der Waals surface area contributed by atoms with Gasteiger partial charge in [-0.05, 0) is 60.8 Å². The van der Waals surface area contributed by atoms with E-state index in [0.717, 1.165) is 48.5 Å². The van der Waals surface area contributed by atoms with E-state index in [4.69, 9.17) is 0 Å². The van der Waals surface area contributed by atoms with E-state index in [1.54, 1.807) is 11.9 Å². The van der Waals surface area contributed by atoms with Gasteiger partial charge in [0.1, 0.15) is 0 Å². The van der Waals surface area contributed by atoms with Gasteiger partial charge in [0.25, 0.3) is 5.91 Å². The Labute approximate surface area is 163 Å². The summed E-state index contributed by atoms with van der Waals surface area (Å²) >= 11 is 1.44. The number of anilines is 1. The lowest BCUT2D eigenvalue weighted by atomic mass is 9.91. The summed E-state index contributed by atoms with van der Waals surface area (Å²) in [5.74, 6) is 0.247. The first kappa shape index (κ1) is 18.2. The molecule has 2 N–H and O–H groups in total. The lowest BCUT2D eigenvalue weighted by molar-refractivity contribution is -0.118. The third kappa shape index (κ3) is 3.77. The number of benzene rings is 1. The highest BCUT2D eigenvalue weighted by Crippen LogP contribution is 2.58. The number of piperidine rings is 1. The number of carbonyl (C=O) groups excluding carboxylic acids is 2. The Hall–Kier alpha value is -2.18. The predicted octanol–water partition coefficient (Wildman–Crippen LogP) is 3.35. The number of carbonyl (C=O) groups is 2. The van der Waals surface area contributed by atoms with Crippen molar-refractivity contribution in [3.63, 3.8) is 0 Å². The first-order valence-electron chi connectivity index (χ1n) is 9.47. The van der Waals surface area contributed by atoms with E-state index >= 15 is 0 Å². The second-order valence-electron chi connectivity index (χ2n) is 7.65. The fourth-order valence-electron chi connectivity index (χ4n) is 4.11. The van der Waals surface area contributed by atoms with Crippen LogP contribution in [-0.4, -0.2) is 36.9 Å². The van der Waals surface area contributed by atoms with Gasteiger partial charge in [-0.2, -0.15) is 0 Å². The Kier molecular flexibility index (Phi) is 5.02. The first-order valence-corrected chi connectivity index (χ1v) is 10.4. The van der Waals surface area contributed by atoms with Crippen LogP contribution in [0.4, 0.5) is 5.69 Å². The summed E-state index contributed by atoms with van der Waals surface area (Å²) in [6.45, 7) is 2.49. The summed E-state index contributed by atoms with van der Waals surface area (Å²) in [6, 6.07) is 11.5. The minimum atomic E-state index is 0.00183. The van der Waals surface area contributed by atoms with E-state index in [-0.39, 0.29) is 23.1 Å². The van der Waals surface area contributed by atoms with Gasteiger partial charge < -0.3 is 15.5 Å². The van der Waals surface area contributed by atoms with Crippen molar-refractivity contribution in [2.75, 3.05) is 25.5 Å². The molecule has 1 spiro atoms. The Balaban J connectivity index is 1.42. The smallest absolute Gasteiger partial charge is 0.263 e. The predicted molar refractivity (Wildman–Crippen MR) is 108 cm³/mol. The molecule has 2 aliphatic rings. The van der Waals surface area contributed by atoms with Crippen LogP contribution in [0.3, 0.4) is 0 Å². The summed E-state index contributed by atoms with van der Waals surface area (Å²) in [5, 5.41) is 8.41. The van der Waals surface area contributed by atoms with Crippen LogP contribution in [0.2, 0.25) is 0 Å². The molecule has 2 amide bonds. The molecule has 1 aromatic heterocycles. The molecule has 5 nitrogen and oxygen atoms in total. The number of thiophene rings is 1. The number of nitrogens with zero attached hydrogens (tertiary/aromatic N) is 1. The van der Waals surface area contributed by atoms with Gasteiger partial charge in [-0.1, -0.05) is 24.3 Å². The van der Waals surface area contributed by atoms with Crippen molar-refractivity contribution in [3.05, 3.63) is 52.2 Å². The number of para-hydroxylation sites is 1. The molecule has 1 aliphatic heterocycles. The molecule has 1 aliphatic carbocycles. The van der Waals surface area contributed by atoms with E-state index in [1.165, 1.54) is 11.3 Å². The molecule has 142 valence electrons. The second-order valence-corrected chi connectivity index (χ2v) is 8.60. The zero-order valence-electron chi connectivity index (χ0n) is 15.5. The molecule has 0 bridgehead atoms. The van der Waals surface area contributed by atoms with E-state index in [0.29, 0.717) is 6.54 Å². The minimum absolute atomic E-state index is 0.00183. The van der Waals surface area contributed by atoms with Gasteiger partial charge in [0.05, 0.1) is 4.88 Å². The van der Waals surface area contributed by atoms with Gasteiger partial charge in [-0.25, -0.2) is 0 Å². The van der Waals surface area contributed by atoms with Gasteiger partial charge in [0.15, 0.2) is 0 Å². The monoisotopic (exact) mass is 383 g/mol. The van der Waals surface area contributed by atoms with Gasteiger partial charge in [-0.15, -0.1) is 11.3 Å². The van der Waals surface area contributed by atoms with Crippen molar-refractivity contribution in [2.24, 2.45) is 11.3 Å². The summed E-state index contributed by atoms with van der Waals surface area (Å²) < 4.78 is 0. The molecule has 2 heterocycles. The molecule has 27 heavy (non-hydrogen) atoms. The molecule has 1 unspecified atom stereocenters. The highest BCUT2D eigenvalue weighted by atomic mass is 32.1. The fraction of sp³-hybridized carbons (Fsp3) is 0.429. The SMILES string of the molecule is CN(Cc1ccccc1NC(=O)C1CC12CCNCC2)C(=O)c1cccs1. The second kappa shape index (κ2) is 7.44. The molecule has 1 aromatic carbocycles. The van der Waals surface area contributed by atoms with E-state index in [2.05, 4.69) is 10.6 Å². The lowest BCUT2D eigenvalue weighted by Crippen LogP contribution is -2.32. The number of amides is 2. The van der Waals surface area contributed by atoms with Crippen molar-refractivity contribution >= 4 is 28.8 Å². The fourth-order valence-corrected chi connectivity index (χ4v) is 4.83. The topological polar surface area (TPSA) is 61.4 Å². The van der Waals surface area contributed by atoms with Gasteiger partial charge in [0.2, 0.25) is 5.91 Å². The quantitative estimate of drug-likeness (QED) is 0.832. The standard InChI is InChI=1S/C21H25N3O2S/c1-24(20(26)18-7-4-12-27-18)14-15-5-2-3-6-17(15)23-19(25)16-13-21(16)8-10-22-11-9-21/h2-7,12,16,22H,8-11,13-14H2,1H3,(H,23,25). The number of nitrogens with one attached hydrogen (secondary N) is 2. The van der Waals surface area contributed by atoms with Crippen LogP contribution in [0.1, 0.15) is 34.5 Å². The molecule has 1 saturated carbocycles. The van der Waals surface area contributed by atoms with Crippen molar-refractivity contribution in [3.8, 4) is 0 Å². The van der Waals surface area contributed by atoms with E-state index in [9.17, 15) is 9.59 Å². The molecular formula is C21H25N3O2S. The average molecular weight is 384 g/mol. The van der Waals surface area contributed by atoms with Gasteiger partial charge in [-0.3, -0.25) is 9.59 Å². The Morgan fingerprint density at radius 2 is 2.00 bits per heavy atom. The van der Waals surface area contributed by atoms with Gasteiger partial charge >= 0.3 is 0 Å². The summed E-state index contributed by atoms with van der Waals surface area (Å²) in [5.41, 5.74) is 1.98. The zero-order valence-corrected chi connectivity index (χ0v) is 16.3. The Morgan fingerprint density at radius 1 is 1.22 bits per heavy atom. The largest absolute Gasteiger partial charge is 0.337 e. The first-order chi connectivity index (χ1) is 13.1. The van der Waals surface area contributed by atoms with Crippen LogP contribution in [0, 0.1) is 11.3 Å². The molecule has 1 saturated heterocycles. The molecule has 0 radical (unpaired) electrons. The van der Waals surface area contributed by atoms with Crippen LogP contribution in [0.25, 0.3) is 0 Å². The maximum Gasteiger partial charge on any atom is 0.263 e. The van der Waals surface area contributed by atoms with E-state index < -0.39 is 0 Å². The lowest BCUT2D eigenvalue weighted by Gasteiger charge is -2.23. The van der Waals surface area contributed by atoms with Crippen LogP contribution < -0.4 is 10.6 Å². The van der Waals surface area contributed by atoms with E-state index in [1.807, 2.05) is 41.8 Å². The van der Waals surface area contributed by atoms with Gasteiger partial charge in [0, 0.05) is 25.2 Å². The van der Waals surface area contributed by atoms with Crippen molar-refractivity contribution in [2.45, 2.75) is 25.8 Å². The Morgan fingerprint density at radius 3 is 2.74 bits per heavy atom. The van der Waals surface area contributed by atoms with Crippen molar-refractivity contribution in [1.82, 2.24) is 10.2 Å². The minimum Gasteiger partial charge on any atom is -0.337 e. The Bertz CT molecular complexity index is 828. The molecule has 2 fully saturated rings. The van der Waals surface area contributed by atoms with Crippen LogP contribution in [0.5, 0.6) is 0 Å². The highest BCUT2D eigenvalue weighted by molar-refractivity contribution is 7.12.